The number of anilines is 4. The molecular formula is C27H21N3Na2O7S2. The second kappa shape index (κ2) is 15.1. The fraction of sp³-hybridized carbons (Fsp3) is 0. The summed E-state index contributed by atoms with van der Waals surface area (Å²) in [5, 5.41) is 8.02. The smallest absolute Gasteiger partial charge is 0.744 e. The topological polar surface area (TPSA) is 168 Å². The van der Waals surface area contributed by atoms with Gasteiger partial charge in [0, 0.05) is 22.7 Å². The largest absolute Gasteiger partial charge is 1.00 e. The van der Waals surface area contributed by atoms with Crippen molar-refractivity contribution in [1.29, 1.82) is 0 Å². The molecule has 0 spiro atoms. The van der Waals surface area contributed by atoms with Gasteiger partial charge in [-0.2, -0.15) is 0 Å². The van der Waals surface area contributed by atoms with Crippen LogP contribution in [0.5, 0.6) is 0 Å². The summed E-state index contributed by atoms with van der Waals surface area (Å²) < 4.78 is 71.8. The molecule has 200 valence electrons. The van der Waals surface area contributed by atoms with Gasteiger partial charge < -0.3 is 25.1 Å². The van der Waals surface area contributed by atoms with E-state index in [1.165, 1.54) is 36.4 Å². The minimum Gasteiger partial charge on any atom is -0.744 e. The third-order valence-electron chi connectivity index (χ3n) is 5.36. The molecule has 0 unspecified atom stereocenters. The number of amides is 2. The van der Waals surface area contributed by atoms with E-state index in [2.05, 4.69) is 16.0 Å². The van der Waals surface area contributed by atoms with Crippen LogP contribution in [0.4, 0.5) is 27.5 Å². The fourth-order valence-corrected chi connectivity index (χ4v) is 5.01. The predicted molar refractivity (Wildman–Crippen MR) is 147 cm³/mol. The van der Waals surface area contributed by atoms with Crippen LogP contribution < -0.4 is 75.1 Å². The SMILES string of the molecule is O=C(Nc1ccccc1)Nc1ccc(C=Cc2ccc(Nc3ccccc3)cc2S(=O)(=O)[O-])c(S(=O)(=O)[O-])c1.[Na+].[Na+]. The number of benzene rings is 4. The summed E-state index contributed by atoms with van der Waals surface area (Å²) in [4.78, 5) is 11.1. The van der Waals surface area contributed by atoms with Crippen LogP contribution in [0, 0.1) is 0 Å². The molecule has 0 bridgehead atoms. The molecule has 0 aliphatic heterocycles. The van der Waals surface area contributed by atoms with Crippen molar-refractivity contribution in [3.63, 3.8) is 0 Å². The number of para-hydroxylation sites is 2. The summed E-state index contributed by atoms with van der Waals surface area (Å²) in [6, 6.07) is 24.5. The Bertz CT molecular complexity index is 1750. The number of rotatable bonds is 8. The Morgan fingerprint density at radius 1 is 0.561 bits per heavy atom. The molecule has 0 atom stereocenters. The standard InChI is InChI=1S/C27H23N3O7S2.2Na/c31-27(29-22-9-5-2-6-10-22)30-24-16-14-20(26(18-24)39(35,36)37)12-11-19-13-15-23(17-25(19)38(32,33)34)28-21-7-3-1-4-8-21;;/h1-18,28H,(H2,29,30,31)(H,32,33,34)(H,35,36,37);;/q;2*+1/p-2. The van der Waals surface area contributed by atoms with Gasteiger partial charge in [-0.05, 0) is 59.7 Å². The zero-order valence-electron chi connectivity index (χ0n) is 22.1. The number of carbonyl (C=O) groups is 1. The molecule has 0 aliphatic carbocycles. The first kappa shape index (κ1) is 34.7. The maximum atomic E-state index is 12.3. The normalized spacial score (nSPS) is 11.2. The van der Waals surface area contributed by atoms with E-state index < -0.39 is 36.1 Å². The fourth-order valence-electron chi connectivity index (χ4n) is 3.62. The minimum absolute atomic E-state index is 0. The van der Waals surface area contributed by atoms with Gasteiger partial charge in [0.1, 0.15) is 20.2 Å². The van der Waals surface area contributed by atoms with Gasteiger partial charge in [-0.15, -0.1) is 0 Å². The molecule has 0 fully saturated rings. The Morgan fingerprint density at radius 2 is 0.976 bits per heavy atom. The molecule has 0 aliphatic rings. The van der Waals surface area contributed by atoms with Crippen molar-refractivity contribution in [2.75, 3.05) is 16.0 Å². The minimum atomic E-state index is -5.00. The number of hydrogen-bond donors (Lipinski definition) is 3. The third kappa shape index (κ3) is 10.1. The van der Waals surface area contributed by atoms with E-state index in [1.54, 1.807) is 60.7 Å². The van der Waals surface area contributed by atoms with Gasteiger partial charge in [0.25, 0.3) is 0 Å². The number of nitrogens with one attached hydrogen (secondary N) is 3. The van der Waals surface area contributed by atoms with E-state index in [0.29, 0.717) is 17.1 Å². The average Bonchev–Trinajstić information content (AvgIpc) is 2.88. The Balaban J connectivity index is 0.00000294. The van der Waals surface area contributed by atoms with Crippen molar-refractivity contribution in [2.24, 2.45) is 0 Å². The molecular weight excluding hydrogens is 588 g/mol. The van der Waals surface area contributed by atoms with E-state index in [1.807, 2.05) is 6.07 Å². The maximum Gasteiger partial charge on any atom is 1.00 e. The van der Waals surface area contributed by atoms with Crippen LogP contribution in [0.1, 0.15) is 11.1 Å². The average molecular weight is 610 g/mol. The Hall–Kier alpha value is -2.49. The van der Waals surface area contributed by atoms with E-state index in [9.17, 15) is 30.7 Å². The van der Waals surface area contributed by atoms with Crippen LogP contribution in [-0.4, -0.2) is 32.0 Å². The Morgan fingerprint density at radius 3 is 1.46 bits per heavy atom. The second-order valence-electron chi connectivity index (χ2n) is 8.18. The molecule has 0 radical (unpaired) electrons. The van der Waals surface area contributed by atoms with E-state index in [0.717, 1.165) is 6.07 Å². The van der Waals surface area contributed by atoms with Crippen LogP contribution in [0.2, 0.25) is 0 Å². The molecule has 3 N–H and O–H groups in total. The zero-order chi connectivity index (χ0) is 28.0. The van der Waals surface area contributed by atoms with Crippen LogP contribution in [0.25, 0.3) is 12.2 Å². The molecule has 4 rings (SSSR count). The van der Waals surface area contributed by atoms with Crippen LogP contribution in [0.15, 0.2) is 107 Å². The predicted octanol–water partition coefficient (Wildman–Crippen LogP) is -0.939. The van der Waals surface area contributed by atoms with Gasteiger partial charge in [-0.3, -0.25) is 0 Å². The van der Waals surface area contributed by atoms with Crippen molar-refractivity contribution in [3.05, 3.63) is 108 Å². The molecule has 0 saturated heterocycles. The van der Waals surface area contributed by atoms with Crippen molar-refractivity contribution < 1.29 is 89.9 Å². The summed E-state index contributed by atoms with van der Waals surface area (Å²) >= 11 is 0. The maximum absolute atomic E-state index is 12.3. The van der Waals surface area contributed by atoms with Crippen LogP contribution in [-0.2, 0) is 20.2 Å². The van der Waals surface area contributed by atoms with Crippen LogP contribution >= 0.6 is 0 Å². The monoisotopic (exact) mass is 609 g/mol. The molecule has 4 aromatic carbocycles. The Labute approximate surface area is 282 Å². The number of urea groups is 1. The summed E-state index contributed by atoms with van der Waals surface area (Å²) in [5.41, 5.74) is 1.47. The Kier molecular flexibility index (Phi) is 12.8. The number of hydrogen-bond acceptors (Lipinski definition) is 8. The van der Waals surface area contributed by atoms with Gasteiger partial charge in [0.15, 0.2) is 0 Å². The van der Waals surface area contributed by atoms with Crippen LogP contribution in [0.3, 0.4) is 0 Å². The van der Waals surface area contributed by atoms with Gasteiger partial charge in [-0.1, -0.05) is 60.7 Å². The first-order valence-electron chi connectivity index (χ1n) is 11.3. The van der Waals surface area contributed by atoms with Gasteiger partial charge >= 0.3 is 65.1 Å². The molecule has 4 aromatic rings. The quantitative estimate of drug-likeness (QED) is 0.131. The molecule has 0 aromatic heterocycles. The molecule has 0 heterocycles. The van der Waals surface area contributed by atoms with E-state index >= 15 is 0 Å². The van der Waals surface area contributed by atoms with Crippen molar-refractivity contribution >= 4 is 61.2 Å². The zero-order valence-corrected chi connectivity index (χ0v) is 27.7. The molecule has 2 amide bonds. The summed E-state index contributed by atoms with van der Waals surface area (Å²) in [5.74, 6) is 0. The van der Waals surface area contributed by atoms with Crippen molar-refractivity contribution in [2.45, 2.75) is 9.79 Å². The third-order valence-corrected chi connectivity index (χ3v) is 7.14. The van der Waals surface area contributed by atoms with E-state index in [-0.39, 0.29) is 75.9 Å². The molecule has 10 nitrogen and oxygen atoms in total. The second-order valence-corrected chi connectivity index (χ2v) is 10.9. The molecule has 41 heavy (non-hydrogen) atoms. The van der Waals surface area contributed by atoms with Gasteiger partial charge in [-0.25, -0.2) is 21.6 Å². The van der Waals surface area contributed by atoms with Crippen molar-refractivity contribution in [1.82, 2.24) is 0 Å². The summed E-state index contributed by atoms with van der Waals surface area (Å²) in [6.45, 7) is 0. The van der Waals surface area contributed by atoms with E-state index in [4.69, 9.17) is 0 Å². The summed E-state index contributed by atoms with van der Waals surface area (Å²) in [6.07, 6.45) is 2.42. The molecule has 14 heteroatoms. The number of carbonyl (C=O) groups excluding carboxylic acids is 1. The molecule has 0 saturated carbocycles. The van der Waals surface area contributed by atoms with Gasteiger partial charge in [0.2, 0.25) is 0 Å². The van der Waals surface area contributed by atoms with Crippen molar-refractivity contribution in [3.8, 4) is 0 Å². The summed E-state index contributed by atoms with van der Waals surface area (Å²) in [7, 11) is -9.91. The first-order chi connectivity index (χ1) is 18.5. The van der Waals surface area contributed by atoms with Gasteiger partial charge in [0.05, 0.1) is 9.79 Å². The first-order valence-corrected chi connectivity index (χ1v) is 14.1.